The highest BCUT2D eigenvalue weighted by atomic mass is 32.1. The van der Waals surface area contributed by atoms with E-state index in [1.165, 1.54) is 0 Å². The minimum absolute atomic E-state index is 0.284. The maximum atomic E-state index is 5.76. The first-order chi connectivity index (χ1) is 9.81. The molecule has 0 radical (unpaired) electrons. The Balaban J connectivity index is 1.93. The van der Waals surface area contributed by atoms with E-state index in [1.54, 1.807) is 11.3 Å². The molecular formula is C13H19N5OS. The van der Waals surface area contributed by atoms with E-state index >= 15 is 0 Å². The number of hydrazine groups is 1. The zero-order chi connectivity index (χ0) is 13.9. The van der Waals surface area contributed by atoms with Crippen molar-refractivity contribution >= 4 is 33.3 Å². The molecule has 1 aliphatic heterocycles. The van der Waals surface area contributed by atoms with Gasteiger partial charge in [0.25, 0.3) is 0 Å². The van der Waals surface area contributed by atoms with Gasteiger partial charge in [-0.1, -0.05) is 0 Å². The molecule has 6 nitrogen and oxygen atoms in total. The minimum atomic E-state index is 0.284. The SMILES string of the molecule is CCOC1CCCN(c2nc(NN)nc3sccc23)C1. The number of ether oxygens (including phenoxy) is 1. The summed E-state index contributed by atoms with van der Waals surface area (Å²) in [6.07, 6.45) is 2.52. The van der Waals surface area contributed by atoms with Gasteiger partial charge in [0.05, 0.1) is 11.5 Å². The summed E-state index contributed by atoms with van der Waals surface area (Å²) in [7, 11) is 0. The van der Waals surface area contributed by atoms with Crippen LogP contribution in [0.3, 0.4) is 0 Å². The molecule has 108 valence electrons. The number of anilines is 2. The third-order valence-electron chi connectivity index (χ3n) is 3.51. The molecule has 0 bridgehead atoms. The summed E-state index contributed by atoms with van der Waals surface area (Å²) in [5.74, 6) is 6.89. The van der Waals surface area contributed by atoms with Gasteiger partial charge in [0.1, 0.15) is 10.6 Å². The van der Waals surface area contributed by atoms with Crippen molar-refractivity contribution in [1.29, 1.82) is 0 Å². The van der Waals surface area contributed by atoms with Crippen LogP contribution in [0.2, 0.25) is 0 Å². The summed E-state index contributed by atoms with van der Waals surface area (Å²) in [6.45, 7) is 4.66. The minimum Gasteiger partial charge on any atom is -0.377 e. The number of fused-ring (bicyclic) bond motifs is 1. The predicted octanol–water partition coefficient (Wildman–Crippen LogP) is 1.98. The van der Waals surface area contributed by atoms with Crippen LogP contribution in [-0.4, -0.2) is 35.8 Å². The van der Waals surface area contributed by atoms with Crippen LogP contribution >= 0.6 is 11.3 Å². The number of piperidine rings is 1. The zero-order valence-corrected chi connectivity index (χ0v) is 12.3. The number of nitrogens with zero attached hydrogens (tertiary/aromatic N) is 3. The average Bonchev–Trinajstić information content (AvgIpc) is 2.95. The van der Waals surface area contributed by atoms with Crippen molar-refractivity contribution in [3.63, 3.8) is 0 Å². The van der Waals surface area contributed by atoms with Crippen molar-refractivity contribution in [2.45, 2.75) is 25.9 Å². The lowest BCUT2D eigenvalue weighted by Gasteiger charge is -2.33. The molecule has 1 fully saturated rings. The van der Waals surface area contributed by atoms with Gasteiger partial charge >= 0.3 is 0 Å². The molecule has 3 N–H and O–H groups in total. The number of nitrogens with two attached hydrogens (primary N) is 1. The van der Waals surface area contributed by atoms with Crippen LogP contribution in [0.1, 0.15) is 19.8 Å². The first-order valence-corrected chi connectivity index (χ1v) is 7.78. The number of hydrogen-bond acceptors (Lipinski definition) is 7. The molecule has 1 saturated heterocycles. The fourth-order valence-electron chi connectivity index (χ4n) is 2.65. The van der Waals surface area contributed by atoms with Crippen LogP contribution in [0.4, 0.5) is 11.8 Å². The Morgan fingerprint density at radius 1 is 1.55 bits per heavy atom. The van der Waals surface area contributed by atoms with Gasteiger partial charge in [-0.2, -0.15) is 4.98 Å². The van der Waals surface area contributed by atoms with E-state index < -0.39 is 0 Å². The lowest BCUT2D eigenvalue weighted by Crippen LogP contribution is -2.40. The van der Waals surface area contributed by atoms with Gasteiger partial charge in [-0.25, -0.2) is 10.8 Å². The quantitative estimate of drug-likeness (QED) is 0.663. The van der Waals surface area contributed by atoms with Crippen LogP contribution in [0, 0.1) is 0 Å². The second kappa shape index (κ2) is 5.90. The van der Waals surface area contributed by atoms with Crippen LogP contribution in [-0.2, 0) is 4.74 Å². The fourth-order valence-corrected chi connectivity index (χ4v) is 3.41. The summed E-state index contributed by atoms with van der Waals surface area (Å²) < 4.78 is 5.76. The van der Waals surface area contributed by atoms with E-state index in [0.29, 0.717) is 5.95 Å². The Bertz CT molecular complexity index is 585. The molecule has 1 atom stereocenters. The first kappa shape index (κ1) is 13.5. The zero-order valence-electron chi connectivity index (χ0n) is 11.5. The maximum absolute atomic E-state index is 5.76. The van der Waals surface area contributed by atoms with Crippen molar-refractivity contribution in [3.8, 4) is 0 Å². The Morgan fingerprint density at radius 3 is 3.25 bits per heavy atom. The molecule has 2 aromatic rings. The second-order valence-corrected chi connectivity index (χ2v) is 5.71. The van der Waals surface area contributed by atoms with Crippen molar-refractivity contribution in [2.24, 2.45) is 5.84 Å². The third kappa shape index (κ3) is 2.56. The van der Waals surface area contributed by atoms with Crippen molar-refractivity contribution in [2.75, 3.05) is 30.0 Å². The molecule has 1 unspecified atom stereocenters. The molecule has 1 aliphatic rings. The highest BCUT2D eigenvalue weighted by Gasteiger charge is 2.23. The van der Waals surface area contributed by atoms with E-state index in [0.717, 1.165) is 48.6 Å². The van der Waals surface area contributed by atoms with Crippen LogP contribution in [0.5, 0.6) is 0 Å². The van der Waals surface area contributed by atoms with Gasteiger partial charge in [0, 0.05) is 19.7 Å². The van der Waals surface area contributed by atoms with Crippen molar-refractivity contribution in [3.05, 3.63) is 11.4 Å². The van der Waals surface area contributed by atoms with Crippen LogP contribution in [0.25, 0.3) is 10.2 Å². The van der Waals surface area contributed by atoms with Gasteiger partial charge in [0.2, 0.25) is 5.95 Å². The summed E-state index contributed by atoms with van der Waals surface area (Å²) in [5.41, 5.74) is 2.55. The largest absolute Gasteiger partial charge is 0.377 e. The molecule has 7 heteroatoms. The van der Waals surface area contributed by atoms with E-state index in [1.807, 2.05) is 12.3 Å². The van der Waals surface area contributed by atoms with Crippen LogP contribution < -0.4 is 16.2 Å². The third-order valence-corrected chi connectivity index (χ3v) is 4.32. The Morgan fingerprint density at radius 2 is 2.45 bits per heavy atom. The van der Waals surface area contributed by atoms with Gasteiger partial charge in [-0.15, -0.1) is 11.3 Å². The van der Waals surface area contributed by atoms with Gasteiger partial charge < -0.3 is 9.64 Å². The molecule has 0 amide bonds. The molecule has 0 spiro atoms. The fraction of sp³-hybridized carbons (Fsp3) is 0.538. The van der Waals surface area contributed by atoms with Gasteiger partial charge in [0.15, 0.2) is 0 Å². The Labute approximate surface area is 121 Å². The second-order valence-electron chi connectivity index (χ2n) is 4.82. The smallest absolute Gasteiger partial charge is 0.240 e. The summed E-state index contributed by atoms with van der Waals surface area (Å²) >= 11 is 1.60. The standard InChI is InChI=1S/C13H19N5OS/c1-2-19-9-4-3-6-18(8-9)11-10-5-7-20-12(10)16-13(15-11)17-14/h5,7,9H,2-4,6,8,14H2,1H3,(H,15,16,17). The Kier molecular flexibility index (Phi) is 4.00. The summed E-state index contributed by atoms with van der Waals surface area (Å²) in [4.78, 5) is 12.2. The van der Waals surface area contributed by atoms with E-state index in [4.69, 9.17) is 10.6 Å². The van der Waals surface area contributed by atoms with Crippen molar-refractivity contribution < 1.29 is 4.74 Å². The van der Waals surface area contributed by atoms with E-state index in [9.17, 15) is 0 Å². The highest BCUT2D eigenvalue weighted by molar-refractivity contribution is 7.16. The monoisotopic (exact) mass is 293 g/mol. The molecular weight excluding hydrogens is 274 g/mol. The average molecular weight is 293 g/mol. The first-order valence-electron chi connectivity index (χ1n) is 6.90. The normalized spacial score (nSPS) is 19.5. The lowest BCUT2D eigenvalue weighted by molar-refractivity contribution is 0.0526. The van der Waals surface area contributed by atoms with E-state index in [2.05, 4.69) is 26.4 Å². The number of rotatable bonds is 4. The highest BCUT2D eigenvalue weighted by Crippen LogP contribution is 2.30. The van der Waals surface area contributed by atoms with Crippen LogP contribution in [0.15, 0.2) is 11.4 Å². The number of hydrogen-bond donors (Lipinski definition) is 2. The maximum Gasteiger partial charge on any atom is 0.240 e. The number of aromatic nitrogens is 2. The molecule has 0 aliphatic carbocycles. The molecule has 0 aromatic carbocycles. The molecule has 3 rings (SSSR count). The Hall–Kier alpha value is -1.44. The predicted molar refractivity (Wildman–Crippen MR) is 82.1 cm³/mol. The van der Waals surface area contributed by atoms with Crippen molar-refractivity contribution in [1.82, 2.24) is 9.97 Å². The molecule has 20 heavy (non-hydrogen) atoms. The number of nitrogen functional groups attached to an aromatic ring is 1. The van der Waals surface area contributed by atoms with Gasteiger partial charge in [-0.3, -0.25) is 5.43 Å². The topological polar surface area (TPSA) is 76.3 Å². The number of nitrogens with one attached hydrogen (secondary N) is 1. The molecule has 2 aromatic heterocycles. The molecule has 0 saturated carbocycles. The van der Waals surface area contributed by atoms with E-state index in [-0.39, 0.29) is 6.10 Å². The summed E-state index contributed by atoms with van der Waals surface area (Å²) in [6, 6.07) is 2.07. The number of thiophene rings is 1. The van der Waals surface area contributed by atoms with Gasteiger partial charge in [-0.05, 0) is 31.2 Å². The molecule has 3 heterocycles. The summed E-state index contributed by atoms with van der Waals surface area (Å²) in [5, 5.41) is 3.12. The lowest BCUT2D eigenvalue weighted by atomic mass is 10.1.